The van der Waals surface area contributed by atoms with Crippen molar-refractivity contribution in [1.29, 1.82) is 0 Å². The molecular weight excluding hydrogens is 324 g/mol. The Morgan fingerprint density at radius 1 is 0.885 bits per heavy atom. The summed E-state index contributed by atoms with van der Waals surface area (Å²) in [5.41, 5.74) is 4.88. The van der Waals surface area contributed by atoms with Crippen LogP contribution in [-0.4, -0.2) is 11.4 Å². The molecule has 26 heavy (non-hydrogen) atoms. The molecule has 0 unspecified atom stereocenters. The van der Waals surface area contributed by atoms with Gasteiger partial charge in [-0.2, -0.15) is 0 Å². The number of anilines is 1. The van der Waals surface area contributed by atoms with E-state index in [0.717, 1.165) is 30.3 Å². The van der Waals surface area contributed by atoms with Crippen LogP contribution < -0.4 is 14.8 Å². The fourth-order valence-corrected chi connectivity index (χ4v) is 3.76. The Balaban J connectivity index is 1.47. The summed E-state index contributed by atoms with van der Waals surface area (Å²) < 4.78 is 13.2. The molecule has 0 aliphatic carbocycles. The summed E-state index contributed by atoms with van der Waals surface area (Å²) in [6.45, 7) is 4.23. The summed E-state index contributed by atoms with van der Waals surface area (Å²) >= 11 is 0. The van der Waals surface area contributed by atoms with Crippen LogP contribution in [-0.2, 0) is 13.1 Å². The molecule has 1 N–H and O–H groups in total. The summed E-state index contributed by atoms with van der Waals surface area (Å²) in [6.07, 6.45) is 0. The molecule has 4 heteroatoms. The molecule has 0 fully saturated rings. The molecular formula is C22H20N2O2. The first kappa shape index (κ1) is 15.1. The number of rotatable bonds is 4. The minimum absolute atomic E-state index is 0.303. The largest absolute Gasteiger partial charge is 0.454 e. The predicted octanol–water partition coefficient (Wildman–Crippen LogP) is 5.16. The average Bonchev–Trinajstić information content (AvgIpc) is 3.27. The third kappa shape index (κ3) is 2.37. The number of nitrogens with one attached hydrogen (secondary N) is 1. The Morgan fingerprint density at radius 2 is 1.73 bits per heavy atom. The standard InChI is InChI=1S/C22H20N2O2/c1-2-24-19-6-4-3-5-17(19)18-11-15(7-9-20(18)24)13-23-16-8-10-21-22(12-16)26-14-25-21/h3-12,23H,2,13-14H2,1H3. The van der Waals surface area contributed by atoms with Gasteiger partial charge in [-0.25, -0.2) is 0 Å². The van der Waals surface area contributed by atoms with E-state index in [0.29, 0.717) is 6.79 Å². The summed E-state index contributed by atoms with van der Waals surface area (Å²) in [7, 11) is 0. The first-order valence-corrected chi connectivity index (χ1v) is 8.97. The van der Waals surface area contributed by atoms with Crippen LogP contribution >= 0.6 is 0 Å². The zero-order valence-electron chi connectivity index (χ0n) is 14.7. The van der Waals surface area contributed by atoms with Gasteiger partial charge in [0.2, 0.25) is 6.79 Å². The highest BCUT2D eigenvalue weighted by atomic mass is 16.7. The summed E-state index contributed by atoms with van der Waals surface area (Å²) in [4.78, 5) is 0. The average molecular weight is 344 g/mol. The molecule has 1 aliphatic rings. The maximum absolute atomic E-state index is 5.45. The lowest BCUT2D eigenvalue weighted by Crippen LogP contribution is -1.99. The second-order valence-corrected chi connectivity index (χ2v) is 6.53. The Bertz CT molecular complexity index is 1110. The molecule has 0 bridgehead atoms. The molecule has 1 aromatic heterocycles. The minimum Gasteiger partial charge on any atom is -0.454 e. The van der Waals surface area contributed by atoms with E-state index in [4.69, 9.17) is 9.47 Å². The van der Waals surface area contributed by atoms with E-state index in [-0.39, 0.29) is 0 Å². The van der Waals surface area contributed by atoms with E-state index < -0.39 is 0 Å². The highest BCUT2D eigenvalue weighted by Gasteiger charge is 2.13. The van der Waals surface area contributed by atoms with E-state index in [1.54, 1.807) is 0 Å². The molecule has 2 heterocycles. The Kier molecular flexibility index (Phi) is 3.49. The van der Waals surface area contributed by atoms with Crippen molar-refractivity contribution in [3.05, 3.63) is 66.2 Å². The fourth-order valence-electron chi connectivity index (χ4n) is 3.76. The van der Waals surface area contributed by atoms with Gasteiger partial charge in [0, 0.05) is 46.6 Å². The van der Waals surface area contributed by atoms with Gasteiger partial charge < -0.3 is 19.4 Å². The fraction of sp³-hybridized carbons (Fsp3) is 0.182. The second-order valence-electron chi connectivity index (χ2n) is 6.53. The number of aryl methyl sites for hydroxylation is 1. The minimum atomic E-state index is 0.303. The van der Waals surface area contributed by atoms with E-state index in [1.807, 2.05) is 18.2 Å². The number of ether oxygens (including phenoxy) is 2. The predicted molar refractivity (Wildman–Crippen MR) is 105 cm³/mol. The summed E-state index contributed by atoms with van der Waals surface area (Å²) in [5, 5.41) is 6.11. The molecule has 0 spiro atoms. The molecule has 4 nitrogen and oxygen atoms in total. The van der Waals surface area contributed by atoms with Gasteiger partial charge in [0.25, 0.3) is 0 Å². The number of aromatic nitrogens is 1. The SMILES string of the molecule is CCn1c2ccccc2c2cc(CNc3ccc4c(c3)OCO4)ccc21. The molecule has 3 aromatic carbocycles. The van der Waals surface area contributed by atoms with Crippen LogP contribution in [0.1, 0.15) is 12.5 Å². The lowest BCUT2D eigenvalue weighted by atomic mass is 10.1. The van der Waals surface area contributed by atoms with Gasteiger partial charge in [0.05, 0.1) is 0 Å². The maximum atomic E-state index is 5.45. The molecule has 0 radical (unpaired) electrons. The first-order valence-electron chi connectivity index (χ1n) is 8.97. The van der Waals surface area contributed by atoms with Crippen LogP contribution in [0.4, 0.5) is 5.69 Å². The van der Waals surface area contributed by atoms with Crippen molar-refractivity contribution in [2.24, 2.45) is 0 Å². The highest BCUT2D eigenvalue weighted by Crippen LogP contribution is 2.34. The molecule has 1 aliphatic heterocycles. The number of hydrogen-bond donors (Lipinski definition) is 1. The Hall–Kier alpha value is -3.14. The highest BCUT2D eigenvalue weighted by molar-refractivity contribution is 6.08. The molecule has 130 valence electrons. The van der Waals surface area contributed by atoms with Crippen LogP contribution in [0.5, 0.6) is 11.5 Å². The van der Waals surface area contributed by atoms with Gasteiger partial charge >= 0.3 is 0 Å². The first-order chi connectivity index (χ1) is 12.8. The molecule has 5 rings (SSSR count). The van der Waals surface area contributed by atoms with Crippen LogP contribution in [0.3, 0.4) is 0 Å². The van der Waals surface area contributed by atoms with Crippen molar-refractivity contribution in [2.45, 2.75) is 20.0 Å². The normalized spacial score (nSPS) is 12.8. The lowest BCUT2D eigenvalue weighted by Gasteiger charge is -2.08. The Labute approximate surface area is 152 Å². The van der Waals surface area contributed by atoms with E-state index >= 15 is 0 Å². The molecule has 0 saturated heterocycles. The van der Waals surface area contributed by atoms with E-state index in [2.05, 4.69) is 59.3 Å². The van der Waals surface area contributed by atoms with Crippen molar-refractivity contribution in [2.75, 3.05) is 12.1 Å². The van der Waals surface area contributed by atoms with Crippen molar-refractivity contribution in [3.63, 3.8) is 0 Å². The van der Waals surface area contributed by atoms with Crippen molar-refractivity contribution in [3.8, 4) is 11.5 Å². The number of benzene rings is 3. The van der Waals surface area contributed by atoms with Crippen LogP contribution in [0, 0.1) is 0 Å². The van der Waals surface area contributed by atoms with Crippen LogP contribution in [0.25, 0.3) is 21.8 Å². The maximum Gasteiger partial charge on any atom is 0.231 e. The number of hydrogen-bond acceptors (Lipinski definition) is 3. The van der Waals surface area contributed by atoms with E-state index in [1.165, 1.54) is 27.4 Å². The molecule has 0 atom stereocenters. The second kappa shape index (κ2) is 5.99. The quantitative estimate of drug-likeness (QED) is 0.556. The lowest BCUT2D eigenvalue weighted by molar-refractivity contribution is 0.174. The van der Waals surface area contributed by atoms with Crippen LogP contribution in [0.2, 0.25) is 0 Å². The number of nitrogens with zero attached hydrogens (tertiary/aromatic N) is 1. The van der Waals surface area contributed by atoms with Gasteiger partial charge in [-0.15, -0.1) is 0 Å². The Morgan fingerprint density at radius 3 is 2.65 bits per heavy atom. The van der Waals surface area contributed by atoms with Crippen LogP contribution in [0.15, 0.2) is 60.7 Å². The van der Waals surface area contributed by atoms with E-state index in [9.17, 15) is 0 Å². The monoisotopic (exact) mass is 344 g/mol. The van der Waals surface area contributed by atoms with Gasteiger partial charge in [-0.1, -0.05) is 24.3 Å². The van der Waals surface area contributed by atoms with Gasteiger partial charge in [0.1, 0.15) is 0 Å². The zero-order valence-corrected chi connectivity index (χ0v) is 14.7. The molecule has 4 aromatic rings. The topological polar surface area (TPSA) is 35.4 Å². The summed E-state index contributed by atoms with van der Waals surface area (Å²) in [5.74, 6) is 1.61. The van der Waals surface area contributed by atoms with Gasteiger partial charge in [0.15, 0.2) is 11.5 Å². The third-order valence-electron chi connectivity index (χ3n) is 5.02. The number of fused-ring (bicyclic) bond motifs is 4. The van der Waals surface area contributed by atoms with Gasteiger partial charge in [-0.05, 0) is 42.8 Å². The zero-order chi connectivity index (χ0) is 17.5. The smallest absolute Gasteiger partial charge is 0.231 e. The van der Waals surface area contributed by atoms with Crippen molar-refractivity contribution < 1.29 is 9.47 Å². The van der Waals surface area contributed by atoms with Crippen molar-refractivity contribution in [1.82, 2.24) is 4.57 Å². The molecule has 0 amide bonds. The summed E-state index contributed by atoms with van der Waals surface area (Å²) in [6, 6.07) is 21.3. The van der Waals surface area contributed by atoms with Gasteiger partial charge in [-0.3, -0.25) is 0 Å². The van der Waals surface area contributed by atoms with Crippen molar-refractivity contribution >= 4 is 27.5 Å². The third-order valence-corrected chi connectivity index (χ3v) is 5.02. The number of para-hydroxylation sites is 1. The molecule has 0 saturated carbocycles.